The van der Waals surface area contributed by atoms with Crippen molar-refractivity contribution in [1.82, 2.24) is 6.15 Å². The van der Waals surface area contributed by atoms with Crippen molar-refractivity contribution in [3.05, 3.63) is 15.3 Å². The third kappa shape index (κ3) is 260. The van der Waals surface area contributed by atoms with Gasteiger partial charge in [0.15, 0.2) is 0 Å². The molecule has 0 spiro atoms. The first-order chi connectivity index (χ1) is 1.73. The summed E-state index contributed by atoms with van der Waals surface area (Å²) in [7, 11) is 0. The molecule has 4 N–H and O–H groups in total. The van der Waals surface area contributed by atoms with Crippen LogP contribution in [-0.4, -0.2) is 42.8 Å². The first-order valence-electron chi connectivity index (χ1n) is 0.548. The van der Waals surface area contributed by atoms with Crippen LogP contribution in [0.25, 0.3) is 0 Å². The molecule has 7 heavy (non-hydrogen) atoms. The van der Waals surface area contributed by atoms with Crippen LogP contribution < -0.4 is 6.15 Å². The monoisotopic (exact) mass is 154 g/mol. The largest absolute Gasteiger partial charge is 0.369 e. The van der Waals surface area contributed by atoms with Crippen molar-refractivity contribution in [2.24, 2.45) is 0 Å². The molecule has 0 aliphatic rings. The van der Waals surface area contributed by atoms with E-state index in [9.17, 15) is 0 Å². The first-order valence-corrected chi connectivity index (χ1v) is 0.548. The smallest absolute Gasteiger partial charge is 0.0689 e. The maximum atomic E-state index is 8.25. The molecular weight excluding hydrogens is 148 g/mol. The van der Waals surface area contributed by atoms with E-state index in [4.69, 9.17) is 15.3 Å². The Morgan fingerprint density at radius 3 is 1.29 bits per heavy atom. The van der Waals surface area contributed by atoms with Gasteiger partial charge in [-0.3, -0.25) is 0 Å². The molecule has 0 amide bonds. The van der Waals surface area contributed by atoms with E-state index in [1.165, 1.54) is 0 Å². The summed E-state index contributed by atoms with van der Waals surface area (Å²) in [5.41, 5.74) is 0. The fraction of sp³-hybridized carbons (Fsp3) is 0. The molecule has 0 aromatic rings. The van der Waals surface area contributed by atoms with Gasteiger partial charge in [-0.25, -0.2) is 0 Å². The summed E-state index contributed by atoms with van der Waals surface area (Å²) in [6.45, 7) is 0. The molecule has 0 bridgehead atoms. The molecule has 2 radical (unpaired) electrons. The maximum Gasteiger partial charge on any atom is 0.0689 e. The standard InChI is InChI=1S/Ca.NO3.H3N.H2S/c;2-1(3)4;;/h;;1H3;1H2/q;-1;;/p+1. The molecule has 42 valence electrons. The van der Waals surface area contributed by atoms with E-state index in [0.717, 1.165) is 0 Å². The zero-order valence-electron chi connectivity index (χ0n) is 3.88. The van der Waals surface area contributed by atoms with E-state index < -0.39 is 5.09 Å². The van der Waals surface area contributed by atoms with Crippen molar-refractivity contribution >= 4 is 51.2 Å². The van der Waals surface area contributed by atoms with Gasteiger partial charge in [-0.15, -0.1) is 0 Å². The summed E-state index contributed by atoms with van der Waals surface area (Å²) in [6, 6.07) is 0. The van der Waals surface area contributed by atoms with Gasteiger partial charge >= 0.3 is 0 Å². The van der Waals surface area contributed by atoms with Crippen molar-refractivity contribution in [1.29, 1.82) is 0 Å². The van der Waals surface area contributed by atoms with Gasteiger partial charge in [0.2, 0.25) is 0 Å². The predicted octanol–water partition coefficient (Wildman–Crippen LogP) is -0.131. The van der Waals surface area contributed by atoms with E-state index in [0.29, 0.717) is 0 Å². The minimum atomic E-state index is -1.75. The van der Waals surface area contributed by atoms with Gasteiger partial charge in [-0.1, -0.05) is 0 Å². The number of hydrogen-bond donors (Lipinski definition) is 1. The quantitative estimate of drug-likeness (QED) is 0.298. The van der Waals surface area contributed by atoms with E-state index in [1.54, 1.807) is 0 Å². The summed E-state index contributed by atoms with van der Waals surface area (Å²) in [4.78, 5) is 8.25. The second-order valence-electron chi connectivity index (χ2n) is 0.224. The molecule has 0 rings (SSSR count). The van der Waals surface area contributed by atoms with Crippen LogP contribution in [0.1, 0.15) is 0 Å². The molecule has 5 nitrogen and oxygen atoms in total. The van der Waals surface area contributed by atoms with Crippen LogP contribution in [-0.2, 0) is 0 Å². The topological polar surface area (TPSA) is 103 Å². The third-order valence-electron chi connectivity index (χ3n) is 0. The Kier molecular flexibility index (Phi) is 56.8. The zero-order chi connectivity index (χ0) is 3.58. The molecule has 0 saturated heterocycles. The summed E-state index contributed by atoms with van der Waals surface area (Å²) in [5, 5.41) is 14.8. The summed E-state index contributed by atoms with van der Waals surface area (Å²) >= 11 is 0. The minimum Gasteiger partial charge on any atom is -0.369 e. The Labute approximate surface area is 77.2 Å². The summed E-state index contributed by atoms with van der Waals surface area (Å²) < 4.78 is 0. The van der Waals surface area contributed by atoms with Crippen molar-refractivity contribution in [3.63, 3.8) is 0 Å². The van der Waals surface area contributed by atoms with Gasteiger partial charge in [0.25, 0.3) is 0 Å². The number of quaternary nitrogens is 1. The Balaban J connectivity index is -0.0000000150. The molecular formula is H6CaN2O3S. The molecule has 0 atom stereocenters. The minimum absolute atomic E-state index is 0. The maximum absolute atomic E-state index is 8.25. The Morgan fingerprint density at radius 1 is 1.29 bits per heavy atom. The molecule has 7 heteroatoms. The first kappa shape index (κ1) is 25.1. The number of nitrogens with zero attached hydrogens (tertiary/aromatic N) is 1. The fourth-order valence-corrected chi connectivity index (χ4v) is 0. The molecule has 0 saturated carbocycles. The van der Waals surface area contributed by atoms with Gasteiger partial charge in [-0.2, -0.15) is 13.5 Å². The van der Waals surface area contributed by atoms with Crippen LogP contribution in [0.3, 0.4) is 0 Å². The third-order valence-corrected chi connectivity index (χ3v) is 0. The Morgan fingerprint density at radius 2 is 1.29 bits per heavy atom. The SMILES string of the molecule is O=[N+]([O-])[O-].S.[Ca].[NH4+]. The zero-order valence-corrected chi connectivity index (χ0v) is 7.09. The average Bonchev–Trinajstić information content (AvgIpc) is 0.811. The number of hydrogen-bond acceptors (Lipinski definition) is 3. The second kappa shape index (κ2) is 15.9. The van der Waals surface area contributed by atoms with Crippen molar-refractivity contribution < 1.29 is 5.09 Å². The van der Waals surface area contributed by atoms with E-state index in [-0.39, 0.29) is 57.4 Å². The number of rotatable bonds is 0. The van der Waals surface area contributed by atoms with E-state index in [1.807, 2.05) is 0 Å². The van der Waals surface area contributed by atoms with Gasteiger partial charge in [0.05, 0.1) is 5.09 Å². The second-order valence-corrected chi connectivity index (χ2v) is 0.224. The van der Waals surface area contributed by atoms with Crippen molar-refractivity contribution in [2.45, 2.75) is 0 Å². The average molecular weight is 154 g/mol. The van der Waals surface area contributed by atoms with Crippen LogP contribution >= 0.6 is 13.5 Å². The molecule has 0 aliphatic heterocycles. The Hall–Kier alpha value is 0.770. The van der Waals surface area contributed by atoms with Crippen LogP contribution in [0, 0.1) is 15.3 Å². The van der Waals surface area contributed by atoms with Gasteiger partial charge < -0.3 is 21.5 Å². The van der Waals surface area contributed by atoms with Crippen LogP contribution in [0.2, 0.25) is 0 Å². The van der Waals surface area contributed by atoms with Crippen molar-refractivity contribution in [2.75, 3.05) is 0 Å². The van der Waals surface area contributed by atoms with Gasteiger partial charge in [0, 0.05) is 37.7 Å². The molecule has 0 unspecified atom stereocenters. The van der Waals surface area contributed by atoms with Gasteiger partial charge in [-0.05, 0) is 0 Å². The summed E-state index contributed by atoms with van der Waals surface area (Å²) in [6.07, 6.45) is 0. The fourth-order valence-electron chi connectivity index (χ4n) is 0. The summed E-state index contributed by atoms with van der Waals surface area (Å²) in [5.74, 6) is 0. The Bertz CT molecular complexity index is 35.9. The van der Waals surface area contributed by atoms with Crippen molar-refractivity contribution in [3.8, 4) is 0 Å². The molecule has 0 heterocycles. The predicted molar refractivity (Wildman–Crippen MR) is 32.5 cm³/mol. The van der Waals surface area contributed by atoms with E-state index >= 15 is 0 Å². The van der Waals surface area contributed by atoms with E-state index in [2.05, 4.69) is 0 Å². The molecule has 0 aromatic heterocycles. The van der Waals surface area contributed by atoms with Gasteiger partial charge in [0.1, 0.15) is 0 Å². The molecule has 0 aromatic carbocycles. The molecule has 0 fully saturated rings. The normalized spacial score (nSPS) is 3.43. The van der Waals surface area contributed by atoms with Crippen LogP contribution in [0.5, 0.6) is 0 Å². The molecule has 0 aliphatic carbocycles. The van der Waals surface area contributed by atoms with Crippen LogP contribution in [0.15, 0.2) is 0 Å². The van der Waals surface area contributed by atoms with Crippen LogP contribution in [0.4, 0.5) is 0 Å².